The molecule has 3 heterocycles. The number of carbonyl (C=O) groups is 2. The summed E-state index contributed by atoms with van der Waals surface area (Å²) in [6.45, 7) is 3.91. The van der Waals surface area contributed by atoms with Crippen LogP contribution in [0.2, 0.25) is 0 Å². The maximum absolute atomic E-state index is 13.1. The Bertz CT molecular complexity index is 1350. The summed E-state index contributed by atoms with van der Waals surface area (Å²) in [7, 11) is 1.95. The normalized spacial score (nSPS) is 20.0. The van der Waals surface area contributed by atoms with Crippen molar-refractivity contribution in [3.8, 4) is 0 Å². The van der Waals surface area contributed by atoms with Gasteiger partial charge in [-0.2, -0.15) is 0 Å². The Morgan fingerprint density at radius 1 is 1.06 bits per heavy atom. The Morgan fingerprint density at radius 3 is 2.52 bits per heavy atom. The average molecular weight is 415 g/mol. The molecule has 1 saturated heterocycles. The molecule has 2 aromatic heterocycles. The number of benzene rings is 2. The lowest BCUT2D eigenvalue weighted by molar-refractivity contribution is -0.125. The van der Waals surface area contributed by atoms with Crippen LogP contribution in [0.3, 0.4) is 0 Å². The predicted molar refractivity (Wildman–Crippen MR) is 120 cm³/mol. The molecule has 3 atom stereocenters. The van der Waals surface area contributed by atoms with Crippen molar-refractivity contribution in [2.24, 2.45) is 7.05 Å². The van der Waals surface area contributed by atoms with Gasteiger partial charge in [-0.25, -0.2) is 0 Å². The van der Waals surface area contributed by atoms with Gasteiger partial charge in [0.15, 0.2) is 0 Å². The Kier molecular flexibility index (Phi) is 4.48. The molecule has 6 heteroatoms. The zero-order chi connectivity index (χ0) is 21.9. The van der Waals surface area contributed by atoms with Crippen LogP contribution in [0.5, 0.6) is 0 Å². The molecule has 3 unspecified atom stereocenters. The van der Waals surface area contributed by atoms with Crippen molar-refractivity contribution < 1.29 is 14.7 Å². The number of rotatable bonds is 4. The number of amides is 2. The molecule has 0 aliphatic carbocycles. The Hall–Kier alpha value is -3.38. The van der Waals surface area contributed by atoms with E-state index in [1.54, 1.807) is 4.57 Å². The predicted octanol–water partition coefficient (Wildman–Crippen LogP) is 3.87. The fourth-order valence-corrected chi connectivity index (χ4v) is 5.02. The molecule has 6 nitrogen and oxygen atoms in total. The number of fused-ring (bicyclic) bond motifs is 2. The van der Waals surface area contributed by atoms with Crippen molar-refractivity contribution in [1.82, 2.24) is 14.5 Å². The van der Waals surface area contributed by atoms with E-state index in [9.17, 15) is 14.7 Å². The molecule has 4 aromatic rings. The van der Waals surface area contributed by atoms with Gasteiger partial charge in [0.25, 0.3) is 0 Å². The third kappa shape index (κ3) is 2.90. The lowest BCUT2D eigenvalue weighted by Crippen LogP contribution is -2.22. The van der Waals surface area contributed by atoms with Gasteiger partial charge in [-0.1, -0.05) is 36.8 Å². The molecule has 0 bridgehead atoms. The highest BCUT2D eigenvalue weighted by Gasteiger charge is 2.45. The molecule has 1 aliphatic heterocycles. The van der Waals surface area contributed by atoms with Gasteiger partial charge in [-0.15, -0.1) is 0 Å². The average Bonchev–Trinajstić information content (AvgIpc) is 3.40. The van der Waals surface area contributed by atoms with Crippen molar-refractivity contribution in [1.29, 1.82) is 0 Å². The van der Waals surface area contributed by atoms with Crippen molar-refractivity contribution in [2.75, 3.05) is 0 Å². The van der Waals surface area contributed by atoms with Gasteiger partial charge in [0.1, 0.15) is 6.23 Å². The Balaban J connectivity index is 1.76. The number of nitrogens with one attached hydrogen (secondary N) is 1. The highest BCUT2D eigenvalue weighted by molar-refractivity contribution is 6.13. The second-order valence-corrected chi connectivity index (χ2v) is 8.43. The number of nitrogens with zero attached hydrogens (tertiary/aromatic N) is 2. The maximum atomic E-state index is 13.1. The van der Waals surface area contributed by atoms with Crippen LogP contribution < -0.4 is 5.32 Å². The van der Waals surface area contributed by atoms with E-state index < -0.39 is 18.1 Å². The van der Waals surface area contributed by atoms with E-state index in [1.165, 1.54) is 0 Å². The number of aromatic nitrogens is 2. The van der Waals surface area contributed by atoms with Crippen LogP contribution in [0.25, 0.3) is 21.8 Å². The monoisotopic (exact) mass is 415 g/mol. The summed E-state index contributed by atoms with van der Waals surface area (Å²) in [5, 5.41) is 15.1. The lowest BCUT2D eigenvalue weighted by Gasteiger charge is -2.18. The molecule has 158 valence electrons. The van der Waals surface area contributed by atoms with Gasteiger partial charge >= 0.3 is 0 Å². The lowest BCUT2D eigenvalue weighted by atomic mass is 9.82. The number of hydrogen-bond acceptors (Lipinski definition) is 3. The number of imide groups is 1. The molecular formula is C25H25N3O3. The summed E-state index contributed by atoms with van der Waals surface area (Å²) in [6.07, 6.45) is 3.66. The van der Waals surface area contributed by atoms with E-state index in [4.69, 9.17) is 0 Å². The smallest absolute Gasteiger partial charge is 0.235 e. The highest BCUT2D eigenvalue weighted by Crippen LogP contribution is 2.44. The summed E-state index contributed by atoms with van der Waals surface area (Å²) in [6, 6.07) is 13.8. The van der Waals surface area contributed by atoms with E-state index in [0.29, 0.717) is 6.42 Å². The first-order chi connectivity index (χ1) is 14.9. The van der Waals surface area contributed by atoms with Crippen molar-refractivity contribution >= 4 is 33.6 Å². The Morgan fingerprint density at radius 2 is 1.77 bits per heavy atom. The minimum absolute atomic E-state index is 0.282. The number of carbonyl (C=O) groups excluding carboxylic acids is 2. The minimum Gasteiger partial charge on any atom is -0.373 e. The van der Waals surface area contributed by atoms with Crippen LogP contribution in [-0.4, -0.2) is 26.1 Å². The van der Waals surface area contributed by atoms with E-state index in [-0.39, 0.29) is 11.8 Å². The van der Waals surface area contributed by atoms with Gasteiger partial charge in [0, 0.05) is 30.2 Å². The van der Waals surface area contributed by atoms with Crippen molar-refractivity contribution in [3.63, 3.8) is 0 Å². The SMILES string of the molecule is CCC(O)n1cc(C2C(=O)NC(=O)C2c2cc(C)cc3ccn(C)c23)c2ccccc21. The number of aliphatic hydroxyl groups excluding tert-OH is 1. The summed E-state index contributed by atoms with van der Waals surface area (Å²) >= 11 is 0. The van der Waals surface area contributed by atoms with Crippen LogP contribution >= 0.6 is 0 Å². The molecule has 2 amide bonds. The van der Waals surface area contributed by atoms with E-state index in [0.717, 1.165) is 38.5 Å². The van der Waals surface area contributed by atoms with Crippen LogP contribution in [0, 0.1) is 6.92 Å². The van der Waals surface area contributed by atoms with Crippen LogP contribution in [-0.2, 0) is 16.6 Å². The third-order valence-electron chi connectivity index (χ3n) is 6.42. The van der Waals surface area contributed by atoms with Gasteiger partial charge in [-0.05, 0) is 42.7 Å². The summed E-state index contributed by atoms with van der Waals surface area (Å²) in [5.41, 5.74) is 4.47. The van der Waals surface area contributed by atoms with Crippen molar-refractivity contribution in [2.45, 2.75) is 38.3 Å². The van der Waals surface area contributed by atoms with Crippen LogP contribution in [0.15, 0.2) is 54.9 Å². The second kappa shape index (κ2) is 7.10. The third-order valence-corrected chi connectivity index (χ3v) is 6.42. The topological polar surface area (TPSA) is 76.3 Å². The van der Waals surface area contributed by atoms with Gasteiger partial charge in [0.05, 0.1) is 22.9 Å². The first-order valence-corrected chi connectivity index (χ1v) is 10.6. The van der Waals surface area contributed by atoms with E-state index >= 15 is 0 Å². The summed E-state index contributed by atoms with van der Waals surface area (Å²) in [5.74, 6) is -1.88. The quantitative estimate of drug-likeness (QED) is 0.497. The maximum Gasteiger partial charge on any atom is 0.235 e. The van der Waals surface area contributed by atoms with Gasteiger partial charge in [-0.3, -0.25) is 14.9 Å². The minimum atomic E-state index is -0.698. The number of hydrogen-bond donors (Lipinski definition) is 2. The number of para-hydroxylation sites is 1. The highest BCUT2D eigenvalue weighted by atomic mass is 16.3. The standard InChI is InChI=1S/C25H25N3O3/c1-4-20(29)28-13-18(16-7-5-6-8-19(16)28)22-21(24(30)26-25(22)31)17-12-14(2)11-15-9-10-27(3)23(15)17/h5-13,20-22,29H,4H2,1-3H3,(H,26,30,31). The van der Waals surface area contributed by atoms with Crippen LogP contribution in [0.4, 0.5) is 0 Å². The molecular weight excluding hydrogens is 390 g/mol. The molecule has 0 saturated carbocycles. The molecule has 0 spiro atoms. The number of aryl methyl sites for hydroxylation is 2. The largest absolute Gasteiger partial charge is 0.373 e. The first-order valence-electron chi connectivity index (χ1n) is 10.6. The van der Waals surface area contributed by atoms with Gasteiger partial charge < -0.3 is 14.2 Å². The fraction of sp³-hybridized carbons (Fsp3) is 0.280. The Labute approximate surface area is 180 Å². The molecule has 2 aromatic carbocycles. The molecule has 31 heavy (non-hydrogen) atoms. The molecule has 5 rings (SSSR count). The number of aliphatic hydroxyl groups is 1. The van der Waals surface area contributed by atoms with E-state index in [2.05, 4.69) is 11.4 Å². The van der Waals surface area contributed by atoms with E-state index in [1.807, 2.05) is 74.3 Å². The van der Waals surface area contributed by atoms with Crippen molar-refractivity contribution in [3.05, 3.63) is 71.5 Å². The molecule has 1 fully saturated rings. The first kappa shape index (κ1) is 19.6. The zero-order valence-corrected chi connectivity index (χ0v) is 17.8. The molecule has 1 aliphatic rings. The zero-order valence-electron chi connectivity index (χ0n) is 17.8. The summed E-state index contributed by atoms with van der Waals surface area (Å²) < 4.78 is 3.80. The second-order valence-electron chi connectivity index (χ2n) is 8.43. The molecule has 0 radical (unpaired) electrons. The summed E-state index contributed by atoms with van der Waals surface area (Å²) in [4.78, 5) is 26.2. The molecule has 2 N–H and O–H groups in total. The van der Waals surface area contributed by atoms with Gasteiger partial charge in [0.2, 0.25) is 11.8 Å². The van der Waals surface area contributed by atoms with Crippen LogP contribution in [0.1, 0.15) is 48.1 Å². The fourth-order valence-electron chi connectivity index (χ4n) is 5.02.